The van der Waals surface area contributed by atoms with Gasteiger partial charge in [-0.1, -0.05) is 18.2 Å². The lowest BCUT2D eigenvalue weighted by Gasteiger charge is -2.32. The Bertz CT molecular complexity index is 1590. The van der Waals surface area contributed by atoms with Gasteiger partial charge in [0.15, 0.2) is 5.82 Å². The Morgan fingerprint density at radius 2 is 1.72 bits per heavy atom. The van der Waals surface area contributed by atoms with Gasteiger partial charge >= 0.3 is 6.03 Å². The van der Waals surface area contributed by atoms with E-state index in [1.54, 1.807) is 10.4 Å². The predicted molar refractivity (Wildman–Crippen MR) is 168 cm³/mol. The molecule has 3 aliphatic rings. The van der Waals surface area contributed by atoms with Crippen molar-refractivity contribution >= 4 is 51.1 Å². The molecule has 3 N–H and O–H groups in total. The van der Waals surface area contributed by atoms with E-state index >= 15 is 0 Å². The quantitative estimate of drug-likeness (QED) is 0.410. The molecule has 0 atom stereocenters. The van der Waals surface area contributed by atoms with E-state index in [-0.39, 0.29) is 30.8 Å². The molecule has 13 heteroatoms. The van der Waals surface area contributed by atoms with Gasteiger partial charge in [-0.05, 0) is 86.5 Å². The number of hydrogen-bond donors (Lipinski definition) is 2. The SMILES string of the molecule is Cl.Cn1nc(N2CCC(=O)NC2=O)c2ccc(C3CCN(CCc4cccc(S(=O)(=O)N5CCC(N)CC5)c4)CC3)cc21. The zero-order valence-electron chi connectivity index (χ0n) is 24.4. The number of rotatable bonds is 7. The summed E-state index contributed by atoms with van der Waals surface area (Å²) >= 11 is 0. The number of sulfonamides is 1. The highest BCUT2D eigenvalue weighted by molar-refractivity contribution is 7.89. The van der Waals surface area contributed by atoms with E-state index in [0.29, 0.717) is 49.1 Å². The number of imide groups is 1. The van der Waals surface area contributed by atoms with Crippen LogP contribution in [0, 0.1) is 0 Å². The second kappa shape index (κ2) is 12.9. The number of halogens is 1. The number of carbonyl (C=O) groups excluding carboxylic acids is 2. The summed E-state index contributed by atoms with van der Waals surface area (Å²) in [5.41, 5.74) is 9.24. The molecule has 3 amide bonds. The molecule has 0 spiro atoms. The monoisotopic (exact) mass is 629 g/mol. The van der Waals surface area contributed by atoms with E-state index in [1.165, 1.54) is 10.5 Å². The van der Waals surface area contributed by atoms with Gasteiger partial charge in [0.1, 0.15) is 0 Å². The largest absolute Gasteiger partial charge is 0.329 e. The van der Waals surface area contributed by atoms with Crippen LogP contribution >= 0.6 is 12.4 Å². The Kier molecular flexibility index (Phi) is 9.43. The van der Waals surface area contributed by atoms with Gasteiger partial charge in [-0.3, -0.25) is 19.7 Å². The van der Waals surface area contributed by atoms with Crippen molar-refractivity contribution in [3.05, 3.63) is 53.6 Å². The molecule has 4 heterocycles. The molecule has 232 valence electrons. The third kappa shape index (κ3) is 6.58. The van der Waals surface area contributed by atoms with Crippen LogP contribution in [0.1, 0.15) is 49.1 Å². The first kappa shape index (κ1) is 31.4. The maximum atomic E-state index is 13.2. The number of nitrogens with two attached hydrogens (primary N) is 1. The second-order valence-corrected chi connectivity index (χ2v) is 13.7. The molecule has 43 heavy (non-hydrogen) atoms. The van der Waals surface area contributed by atoms with Crippen molar-refractivity contribution < 1.29 is 18.0 Å². The molecule has 2 aromatic carbocycles. The van der Waals surface area contributed by atoms with Gasteiger partial charge in [0.05, 0.1) is 10.4 Å². The molecule has 0 aliphatic carbocycles. The van der Waals surface area contributed by atoms with Crippen molar-refractivity contribution in [3.63, 3.8) is 0 Å². The summed E-state index contributed by atoms with van der Waals surface area (Å²) in [6, 6.07) is 13.4. The second-order valence-electron chi connectivity index (χ2n) is 11.7. The summed E-state index contributed by atoms with van der Waals surface area (Å²) in [5.74, 6) is 0.757. The molecule has 1 aromatic heterocycles. The summed E-state index contributed by atoms with van der Waals surface area (Å²) in [6.07, 6.45) is 4.55. The van der Waals surface area contributed by atoms with Gasteiger partial charge in [0, 0.05) is 51.1 Å². The van der Waals surface area contributed by atoms with Crippen LogP contribution in [0.5, 0.6) is 0 Å². The zero-order chi connectivity index (χ0) is 29.4. The number of nitrogens with one attached hydrogen (secondary N) is 1. The molecule has 6 rings (SSSR count). The van der Waals surface area contributed by atoms with Crippen molar-refractivity contribution in [3.8, 4) is 0 Å². The fraction of sp³-hybridized carbons (Fsp3) is 0.500. The smallest absolute Gasteiger partial charge is 0.328 e. The molecule has 3 fully saturated rings. The molecule has 0 radical (unpaired) electrons. The maximum Gasteiger partial charge on any atom is 0.329 e. The fourth-order valence-electron chi connectivity index (χ4n) is 6.38. The van der Waals surface area contributed by atoms with Crippen LogP contribution < -0.4 is 16.0 Å². The molecule has 0 unspecified atom stereocenters. The predicted octanol–water partition coefficient (Wildman–Crippen LogP) is 2.98. The lowest BCUT2D eigenvalue weighted by atomic mass is 9.89. The van der Waals surface area contributed by atoms with E-state index in [2.05, 4.69) is 27.4 Å². The third-order valence-corrected chi connectivity index (χ3v) is 10.9. The van der Waals surface area contributed by atoms with Crippen molar-refractivity contribution in [2.24, 2.45) is 12.8 Å². The van der Waals surface area contributed by atoms with Crippen LogP contribution in [-0.2, 0) is 28.3 Å². The van der Waals surface area contributed by atoms with Crippen LogP contribution in [0.2, 0.25) is 0 Å². The number of aromatic nitrogens is 2. The van der Waals surface area contributed by atoms with Gasteiger partial charge in [0.2, 0.25) is 15.9 Å². The first-order valence-electron chi connectivity index (χ1n) is 14.8. The minimum absolute atomic E-state index is 0. The summed E-state index contributed by atoms with van der Waals surface area (Å²) in [4.78, 5) is 28.3. The maximum absolute atomic E-state index is 13.2. The van der Waals surface area contributed by atoms with Crippen molar-refractivity contribution in [2.45, 2.75) is 55.4 Å². The van der Waals surface area contributed by atoms with E-state index in [0.717, 1.165) is 55.4 Å². The third-order valence-electron chi connectivity index (χ3n) is 8.98. The molecule has 11 nitrogen and oxygen atoms in total. The number of likely N-dealkylation sites (tertiary alicyclic amines) is 1. The zero-order valence-corrected chi connectivity index (χ0v) is 26.1. The highest BCUT2D eigenvalue weighted by atomic mass is 35.5. The van der Waals surface area contributed by atoms with E-state index < -0.39 is 16.1 Å². The van der Waals surface area contributed by atoms with Crippen LogP contribution in [0.15, 0.2) is 47.4 Å². The van der Waals surface area contributed by atoms with E-state index in [1.807, 2.05) is 36.0 Å². The minimum atomic E-state index is -3.50. The van der Waals surface area contributed by atoms with Gasteiger partial charge in [0.25, 0.3) is 0 Å². The Hall–Kier alpha value is -3.03. The standard InChI is InChI=1S/C30H39N7O4S.ClH/c1-34-27-20-23(5-6-26(27)29(33-34)37-18-12-28(38)32-30(37)39)22-8-14-35(15-9-22)13-7-21-3-2-4-25(19-21)42(40,41)36-16-10-24(31)11-17-36;/h2-6,19-20,22,24H,7-18,31H2,1H3,(H,32,38,39);1H. The number of carbonyl (C=O) groups is 2. The number of fused-ring (bicyclic) bond motifs is 1. The number of benzene rings is 2. The Labute approximate surface area is 258 Å². The van der Waals surface area contributed by atoms with Crippen LogP contribution in [0.4, 0.5) is 10.6 Å². The average molecular weight is 630 g/mol. The minimum Gasteiger partial charge on any atom is -0.328 e. The molecule has 3 aromatic rings. The number of nitrogens with zero attached hydrogens (tertiary/aromatic N) is 5. The van der Waals surface area contributed by atoms with Crippen molar-refractivity contribution in [2.75, 3.05) is 44.2 Å². The van der Waals surface area contributed by atoms with Gasteiger partial charge in [-0.2, -0.15) is 9.40 Å². The lowest BCUT2D eigenvalue weighted by Crippen LogP contribution is -2.49. The van der Waals surface area contributed by atoms with Crippen LogP contribution in [0.3, 0.4) is 0 Å². The van der Waals surface area contributed by atoms with Crippen molar-refractivity contribution in [1.82, 2.24) is 24.3 Å². The Morgan fingerprint density at radius 1 is 0.977 bits per heavy atom. The summed E-state index contributed by atoms with van der Waals surface area (Å²) < 4.78 is 29.7. The van der Waals surface area contributed by atoms with Crippen molar-refractivity contribution in [1.29, 1.82) is 0 Å². The highest BCUT2D eigenvalue weighted by Gasteiger charge is 2.30. The number of urea groups is 1. The topological polar surface area (TPSA) is 134 Å². The summed E-state index contributed by atoms with van der Waals surface area (Å²) in [5, 5.41) is 7.88. The van der Waals surface area contributed by atoms with Gasteiger partial charge in [-0.15, -0.1) is 12.4 Å². The molecule has 0 bridgehead atoms. The number of amides is 3. The summed E-state index contributed by atoms with van der Waals surface area (Å²) in [6.45, 7) is 4.13. The first-order valence-corrected chi connectivity index (χ1v) is 16.3. The number of piperidine rings is 2. The Balaban J connectivity index is 0.00000368. The highest BCUT2D eigenvalue weighted by Crippen LogP contribution is 2.33. The molecule has 3 aliphatic heterocycles. The van der Waals surface area contributed by atoms with E-state index in [4.69, 9.17) is 5.73 Å². The molecule has 3 saturated heterocycles. The number of hydrogen-bond acceptors (Lipinski definition) is 7. The molecule has 0 saturated carbocycles. The van der Waals surface area contributed by atoms with Gasteiger partial charge < -0.3 is 10.6 Å². The normalized spacial score (nSPS) is 19.9. The number of anilines is 1. The van der Waals surface area contributed by atoms with Gasteiger partial charge in [-0.25, -0.2) is 13.2 Å². The molecular formula is C30H40ClN7O4S. The number of aryl methyl sites for hydroxylation is 1. The van der Waals surface area contributed by atoms with E-state index in [9.17, 15) is 18.0 Å². The first-order chi connectivity index (χ1) is 20.2. The lowest BCUT2D eigenvalue weighted by molar-refractivity contribution is -0.120. The van der Waals surface area contributed by atoms with Crippen LogP contribution in [0.25, 0.3) is 10.9 Å². The fourth-order valence-corrected chi connectivity index (χ4v) is 7.92. The summed E-state index contributed by atoms with van der Waals surface area (Å²) in [7, 11) is -1.61. The molecular weight excluding hydrogens is 590 g/mol. The average Bonchev–Trinajstić information content (AvgIpc) is 3.32. The Morgan fingerprint density at radius 3 is 2.44 bits per heavy atom. The van der Waals surface area contributed by atoms with Crippen LogP contribution in [-0.4, -0.2) is 84.7 Å².